The molecule has 3 rings (SSSR count). The van der Waals surface area contributed by atoms with Gasteiger partial charge in [0.1, 0.15) is 18.4 Å². The Morgan fingerprint density at radius 2 is 1.92 bits per heavy atom. The first kappa shape index (κ1) is 16.0. The first-order chi connectivity index (χ1) is 11.4. The second-order valence-electron chi connectivity index (χ2n) is 5.19. The van der Waals surface area contributed by atoms with E-state index in [-0.39, 0.29) is 0 Å². The number of halogens is 3. The molecule has 0 spiro atoms. The molecule has 6 nitrogen and oxygen atoms in total. The Labute approximate surface area is 135 Å². The quantitative estimate of drug-likeness (QED) is 0.769. The maximum Gasteiger partial charge on any atom is 0.408 e. The molecule has 1 aromatic carbocycles. The third kappa shape index (κ3) is 3.92. The predicted molar refractivity (Wildman–Crippen MR) is 80.1 cm³/mol. The van der Waals surface area contributed by atoms with Crippen LogP contribution >= 0.6 is 0 Å². The van der Waals surface area contributed by atoms with E-state index in [1.165, 1.54) is 12.3 Å². The van der Waals surface area contributed by atoms with Gasteiger partial charge in [-0.25, -0.2) is 0 Å². The van der Waals surface area contributed by atoms with Crippen molar-refractivity contribution in [2.45, 2.75) is 25.7 Å². The molecule has 0 aliphatic carbocycles. The highest BCUT2D eigenvalue weighted by Crippen LogP contribution is 2.23. The van der Waals surface area contributed by atoms with Crippen molar-refractivity contribution in [1.29, 1.82) is 0 Å². The summed E-state index contributed by atoms with van der Waals surface area (Å²) in [4.78, 5) is 0. The zero-order valence-corrected chi connectivity index (χ0v) is 12.7. The molecule has 2 aromatic heterocycles. The maximum atomic E-state index is 12.3. The molecule has 0 saturated carbocycles. The van der Waals surface area contributed by atoms with Gasteiger partial charge >= 0.3 is 6.18 Å². The molecule has 1 N–H and O–H groups in total. The lowest BCUT2D eigenvalue weighted by molar-refractivity contribution is -0.142. The Morgan fingerprint density at radius 3 is 2.62 bits per heavy atom. The molecule has 126 valence electrons. The molecule has 9 heteroatoms. The van der Waals surface area contributed by atoms with Crippen LogP contribution in [0.4, 0.5) is 19.0 Å². The molecule has 0 aliphatic heterocycles. The Balaban J connectivity index is 1.67. The number of nitrogens with zero attached hydrogens (tertiary/aromatic N) is 4. The van der Waals surface area contributed by atoms with E-state index in [2.05, 4.69) is 20.6 Å². The van der Waals surface area contributed by atoms with Crippen molar-refractivity contribution in [2.75, 3.05) is 5.32 Å². The van der Waals surface area contributed by atoms with E-state index in [0.717, 1.165) is 10.2 Å². The van der Waals surface area contributed by atoms with Crippen molar-refractivity contribution in [2.24, 2.45) is 0 Å². The molecule has 0 saturated heterocycles. The molecule has 0 radical (unpaired) electrons. The van der Waals surface area contributed by atoms with E-state index in [4.69, 9.17) is 4.42 Å². The number of nitrogens with one attached hydrogen (secondary N) is 1. The van der Waals surface area contributed by atoms with Crippen LogP contribution in [0.3, 0.4) is 0 Å². The number of hydrogen-bond acceptors (Lipinski definition) is 5. The lowest BCUT2D eigenvalue weighted by Crippen LogP contribution is -2.18. The number of anilines is 1. The normalized spacial score (nSPS) is 13.0. The van der Waals surface area contributed by atoms with E-state index in [9.17, 15) is 13.2 Å². The van der Waals surface area contributed by atoms with Crippen molar-refractivity contribution >= 4 is 5.82 Å². The van der Waals surface area contributed by atoms with Gasteiger partial charge in [-0.2, -0.15) is 18.3 Å². The molecular formula is C15H14F3N5O. The highest BCUT2D eigenvalue weighted by atomic mass is 19.4. The summed E-state index contributed by atoms with van der Waals surface area (Å²) in [7, 11) is 0. The van der Waals surface area contributed by atoms with Crippen LogP contribution in [-0.4, -0.2) is 26.2 Å². The summed E-state index contributed by atoms with van der Waals surface area (Å²) in [6.07, 6.45) is -3.06. The van der Waals surface area contributed by atoms with Gasteiger partial charge in [-0.3, -0.25) is 4.68 Å². The lowest BCUT2D eigenvalue weighted by Gasteiger charge is -2.09. The van der Waals surface area contributed by atoms with Gasteiger partial charge in [0.25, 0.3) is 0 Å². The van der Waals surface area contributed by atoms with Crippen molar-refractivity contribution < 1.29 is 17.6 Å². The summed E-state index contributed by atoms with van der Waals surface area (Å²) < 4.78 is 43.4. The first-order valence-electron chi connectivity index (χ1n) is 7.16. The van der Waals surface area contributed by atoms with Gasteiger partial charge in [0, 0.05) is 17.8 Å². The van der Waals surface area contributed by atoms with Gasteiger partial charge in [0.05, 0.1) is 0 Å². The fourth-order valence-electron chi connectivity index (χ4n) is 2.10. The van der Waals surface area contributed by atoms with Crippen molar-refractivity contribution in [3.05, 3.63) is 48.5 Å². The zero-order chi connectivity index (χ0) is 17.2. The smallest absolute Gasteiger partial charge is 0.408 e. The van der Waals surface area contributed by atoms with E-state index >= 15 is 0 Å². The predicted octanol–water partition coefficient (Wildman–Crippen LogP) is 3.67. The Kier molecular flexibility index (Phi) is 4.24. The highest BCUT2D eigenvalue weighted by molar-refractivity contribution is 5.51. The van der Waals surface area contributed by atoms with E-state index < -0.39 is 18.8 Å². The van der Waals surface area contributed by atoms with Crippen LogP contribution in [0.25, 0.3) is 11.5 Å². The molecule has 24 heavy (non-hydrogen) atoms. The summed E-state index contributed by atoms with van der Waals surface area (Å²) in [5.74, 6) is 0.993. The zero-order valence-electron chi connectivity index (χ0n) is 12.7. The second-order valence-corrected chi connectivity index (χ2v) is 5.19. The van der Waals surface area contributed by atoms with Crippen LogP contribution in [-0.2, 0) is 6.54 Å². The van der Waals surface area contributed by atoms with Gasteiger partial charge in [-0.15, -0.1) is 10.2 Å². The molecular weight excluding hydrogens is 323 g/mol. The second kappa shape index (κ2) is 6.34. The van der Waals surface area contributed by atoms with Gasteiger partial charge in [0.15, 0.2) is 0 Å². The Bertz CT molecular complexity index is 797. The number of benzene rings is 1. The highest BCUT2D eigenvalue weighted by Gasteiger charge is 2.28. The number of hydrogen-bond donors (Lipinski definition) is 1. The fraction of sp³-hybridized carbons (Fsp3) is 0.267. The van der Waals surface area contributed by atoms with Crippen LogP contribution in [0, 0.1) is 0 Å². The summed E-state index contributed by atoms with van der Waals surface area (Å²) >= 11 is 0. The van der Waals surface area contributed by atoms with Crippen molar-refractivity contribution in [3.63, 3.8) is 0 Å². The minimum absolute atomic E-state index is 0.297. The summed E-state index contributed by atoms with van der Waals surface area (Å²) in [5, 5.41) is 14.7. The molecule has 0 amide bonds. The van der Waals surface area contributed by atoms with Gasteiger partial charge in [-0.1, -0.05) is 18.2 Å². The number of aromatic nitrogens is 4. The first-order valence-corrected chi connectivity index (χ1v) is 7.16. The topological polar surface area (TPSA) is 68.8 Å². The standard InChI is InChI=1S/C15H14F3N5O/c1-10(19-12-7-8-23(22-12)9-15(16,17)18)13-20-21-14(24-13)11-5-3-2-4-6-11/h2-8,10H,9H2,1H3,(H,19,22). The van der Waals surface area contributed by atoms with Crippen LogP contribution in [0.1, 0.15) is 18.9 Å². The average Bonchev–Trinajstić information content (AvgIpc) is 3.16. The van der Waals surface area contributed by atoms with Gasteiger partial charge < -0.3 is 9.73 Å². The molecule has 2 heterocycles. The van der Waals surface area contributed by atoms with Crippen LogP contribution in [0.15, 0.2) is 47.0 Å². The molecule has 0 bridgehead atoms. The Morgan fingerprint density at radius 1 is 1.17 bits per heavy atom. The van der Waals surface area contributed by atoms with E-state index in [1.54, 1.807) is 6.92 Å². The third-order valence-electron chi connectivity index (χ3n) is 3.18. The summed E-state index contributed by atoms with van der Waals surface area (Å²) in [5.41, 5.74) is 0.790. The van der Waals surface area contributed by atoms with Gasteiger partial charge in [-0.05, 0) is 19.1 Å². The van der Waals surface area contributed by atoms with Crippen LogP contribution in [0.2, 0.25) is 0 Å². The molecule has 0 aliphatic rings. The summed E-state index contributed by atoms with van der Waals surface area (Å²) in [6.45, 7) is 0.618. The monoisotopic (exact) mass is 337 g/mol. The van der Waals surface area contributed by atoms with Crippen LogP contribution in [0.5, 0.6) is 0 Å². The van der Waals surface area contributed by atoms with Crippen LogP contribution < -0.4 is 5.32 Å². The summed E-state index contributed by atoms with van der Waals surface area (Å²) in [6, 6.07) is 10.3. The molecule has 3 aromatic rings. The largest absolute Gasteiger partial charge is 0.418 e. The SMILES string of the molecule is CC(Nc1ccn(CC(F)(F)F)n1)c1nnc(-c2ccccc2)o1. The molecule has 0 fully saturated rings. The minimum atomic E-state index is -4.31. The molecule has 1 atom stereocenters. The Hall–Kier alpha value is -2.84. The van der Waals surface area contributed by atoms with Gasteiger partial charge in [0.2, 0.25) is 11.8 Å². The number of rotatable bonds is 5. The minimum Gasteiger partial charge on any atom is -0.418 e. The van der Waals surface area contributed by atoms with E-state index in [0.29, 0.717) is 17.6 Å². The third-order valence-corrected chi connectivity index (χ3v) is 3.18. The maximum absolute atomic E-state index is 12.3. The molecule has 1 unspecified atom stereocenters. The fourth-order valence-corrected chi connectivity index (χ4v) is 2.10. The van der Waals surface area contributed by atoms with Crippen molar-refractivity contribution in [1.82, 2.24) is 20.0 Å². The average molecular weight is 337 g/mol. The van der Waals surface area contributed by atoms with E-state index in [1.807, 2.05) is 30.3 Å². The number of alkyl halides is 3. The van der Waals surface area contributed by atoms with Crippen molar-refractivity contribution in [3.8, 4) is 11.5 Å². The lowest BCUT2D eigenvalue weighted by atomic mass is 10.2.